The summed E-state index contributed by atoms with van der Waals surface area (Å²) in [5, 5.41) is 7.73. The van der Waals surface area contributed by atoms with E-state index in [0.29, 0.717) is 0 Å². The number of halogens is 2. The van der Waals surface area contributed by atoms with Gasteiger partial charge >= 0.3 is 0 Å². The Balaban J connectivity index is 0.00000180. The van der Waals surface area contributed by atoms with Crippen molar-refractivity contribution in [2.75, 3.05) is 37.2 Å². The molecule has 20 heavy (non-hydrogen) atoms. The molecule has 0 aromatic carbocycles. The number of fused-ring (bicyclic) bond motifs is 1. The lowest BCUT2D eigenvalue weighted by atomic mass is 10.3. The summed E-state index contributed by atoms with van der Waals surface area (Å²) >= 11 is 0. The molecular formula is C13H23Cl2N5. The van der Waals surface area contributed by atoms with Crippen LogP contribution in [0.3, 0.4) is 0 Å². The van der Waals surface area contributed by atoms with E-state index in [-0.39, 0.29) is 24.8 Å². The van der Waals surface area contributed by atoms with Crippen LogP contribution in [0.5, 0.6) is 0 Å². The minimum absolute atomic E-state index is 0. The summed E-state index contributed by atoms with van der Waals surface area (Å²) in [6, 6.07) is 5.88. The fraction of sp³-hybridized carbons (Fsp3) is 0.462. The van der Waals surface area contributed by atoms with Crippen LogP contribution in [-0.4, -0.2) is 40.7 Å². The maximum absolute atomic E-state index is 6.06. The first-order chi connectivity index (χ1) is 8.76. The van der Waals surface area contributed by atoms with Crippen molar-refractivity contribution in [3.63, 3.8) is 0 Å². The highest BCUT2D eigenvalue weighted by atomic mass is 35.5. The zero-order valence-electron chi connectivity index (χ0n) is 11.9. The van der Waals surface area contributed by atoms with Gasteiger partial charge in [0, 0.05) is 19.3 Å². The number of likely N-dealkylation sites (N-methyl/N-ethyl adjacent to an activating group) is 1. The van der Waals surface area contributed by atoms with Crippen LogP contribution < -0.4 is 11.1 Å². The van der Waals surface area contributed by atoms with Gasteiger partial charge in [0.25, 0.3) is 0 Å². The molecule has 0 spiro atoms. The molecular weight excluding hydrogens is 297 g/mol. The summed E-state index contributed by atoms with van der Waals surface area (Å²) in [5.74, 6) is 0.772. The predicted octanol–water partition coefficient (Wildman–Crippen LogP) is 2.51. The minimum atomic E-state index is 0. The average Bonchev–Trinajstić information content (AvgIpc) is 2.72. The van der Waals surface area contributed by atoms with Gasteiger partial charge in [-0.3, -0.25) is 0 Å². The number of rotatable bonds is 6. The van der Waals surface area contributed by atoms with Crippen molar-refractivity contribution < 1.29 is 0 Å². The topological polar surface area (TPSA) is 58.6 Å². The SMILES string of the molecule is CCN(CC)CCNc1nn2ccccc2c1N.Cl.Cl. The fourth-order valence-electron chi connectivity index (χ4n) is 2.02. The Hall–Kier alpha value is -1.17. The van der Waals surface area contributed by atoms with Crippen molar-refractivity contribution in [3.8, 4) is 0 Å². The van der Waals surface area contributed by atoms with E-state index in [1.165, 1.54) is 0 Å². The summed E-state index contributed by atoms with van der Waals surface area (Å²) in [6.07, 6.45) is 1.90. The van der Waals surface area contributed by atoms with Crippen molar-refractivity contribution in [2.24, 2.45) is 0 Å². The maximum Gasteiger partial charge on any atom is 0.172 e. The number of nitrogens with two attached hydrogens (primary N) is 1. The van der Waals surface area contributed by atoms with Gasteiger partial charge in [0.1, 0.15) is 5.69 Å². The number of hydrogen-bond donors (Lipinski definition) is 2. The van der Waals surface area contributed by atoms with E-state index >= 15 is 0 Å². The zero-order valence-corrected chi connectivity index (χ0v) is 13.5. The van der Waals surface area contributed by atoms with Crippen molar-refractivity contribution in [1.82, 2.24) is 14.5 Å². The van der Waals surface area contributed by atoms with Gasteiger partial charge in [-0.05, 0) is 25.2 Å². The van der Waals surface area contributed by atoms with Crippen molar-refractivity contribution >= 4 is 41.8 Å². The second-order valence-corrected chi connectivity index (χ2v) is 4.25. The van der Waals surface area contributed by atoms with E-state index in [1.54, 1.807) is 4.52 Å². The molecule has 3 N–H and O–H groups in total. The molecule has 0 aliphatic heterocycles. The zero-order chi connectivity index (χ0) is 13.0. The minimum Gasteiger partial charge on any atom is -0.394 e. The molecule has 2 heterocycles. The van der Waals surface area contributed by atoms with Gasteiger partial charge in [0.2, 0.25) is 0 Å². The van der Waals surface area contributed by atoms with Gasteiger partial charge < -0.3 is 16.0 Å². The van der Waals surface area contributed by atoms with E-state index < -0.39 is 0 Å². The number of nitrogens with one attached hydrogen (secondary N) is 1. The first kappa shape index (κ1) is 18.8. The summed E-state index contributed by atoms with van der Waals surface area (Å²) in [4.78, 5) is 2.36. The molecule has 7 heteroatoms. The van der Waals surface area contributed by atoms with E-state index in [0.717, 1.165) is 43.2 Å². The number of nitrogens with zero attached hydrogens (tertiary/aromatic N) is 3. The van der Waals surface area contributed by atoms with Gasteiger partial charge in [-0.2, -0.15) is 0 Å². The number of aromatic nitrogens is 2. The third kappa shape index (κ3) is 4.16. The molecule has 0 aliphatic carbocycles. The normalized spacial score (nSPS) is 10.2. The highest BCUT2D eigenvalue weighted by Crippen LogP contribution is 2.22. The van der Waals surface area contributed by atoms with E-state index in [1.807, 2.05) is 24.4 Å². The van der Waals surface area contributed by atoms with Crippen LogP contribution >= 0.6 is 24.8 Å². The van der Waals surface area contributed by atoms with Gasteiger partial charge in [-0.15, -0.1) is 29.9 Å². The lowest BCUT2D eigenvalue weighted by molar-refractivity contribution is 0.316. The highest BCUT2D eigenvalue weighted by Gasteiger charge is 2.08. The van der Waals surface area contributed by atoms with Gasteiger partial charge in [0.05, 0.1) is 5.52 Å². The molecule has 0 amide bonds. The largest absolute Gasteiger partial charge is 0.394 e. The van der Waals surface area contributed by atoms with Crippen molar-refractivity contribution in [3.05, 3.63) is 24.4 Å². The molecule has 2 rings (SSSR count). The van der Waals surface area contributed by atoms with Crippen LogP contribution in [0.4, 0.5) is 11.5 Å². The molecule has 2 aromatic heterocycles. The first-order valence-corrected chi connectivity index (χ1v) is 6.45. The predicted molar refractivity (Wildman–Crippen MR) is 90.4 cm³/mol. The number of pyridine rings is 1. The monoisotopic (exact) mass is 319 g/mol. The number of nitrogen functional groups attached to an aromatic ring is 1. The molecule has 0 saturated carbocycles. The average molecular weight is 320 g/mol. The van der Waals surface area contributed by atoms with Crippen molar-refractivity contribution in [2.45, 2.75) is 13.8 Å². The van der Waals surface area contributed by atoms with E-state index in [2.05, 4.69) is 29.2 Å². The number of hydrogen-bond acceptors (Lipinski definition) is 4. The molecule has 0 saturated heterocycles. The quantitative estimate of drug-likeness (QED) is 0.859. The summed E-state index contributed by atoms with van der Waals surface area (Å²) < 4.78 is 1.80. The molecule has 0 fully saturated rings. The van der Waals surface area contributed by atoms with Crippen LogP contribution in [-0.2, 0) is 0 Å². The summed E-state index contributed by atoms with van der Waals surface area (Å²) in [6.45, 7) is 8.33. The smallest absolute Gasteiger partial charge is 0.172 e. The second-order valence-electron chi connectivity index (χ2n) is 4.25. The third-order valence-corrected chi connectivity index (χ3v) is 3.19. The Kier molecular flexibility index (Phi) is 8.37. The van der Waals surface area contributed by atoms with Crippen molar-refractivity contribution in [1.29, 1.82) is 0 Å². The highest BCUT2D eigenvalue weighted by molar-refractivity contribution is 5.85. The molecule has 0 unspecified atom stereocenters. The Morgan fingerprint density at radius 2 is 1.95 bits per heavy atom. The molecule has 2 aromatic rings. The van der Waals surface area contributed by atoms with Crippen LogP contribution in [0.25, 0.3) is 5.52 Å². The van der Waals surface area contributed by atoms with Crippen LogP contribution in [0.1, 0.15) is 13.8 Å². The maximum atomic E-state index is 6.06. The fourth-order valence-corrected chi connectivity index (χ4v) is 2.02. The lowest BCUT2D eigenvalue weighted by Gasteiger charge is -2.17. The molecule has 0 bridgehead atoms. The summed E-state index contributed by atoms with van der Waals surface area (Å²) in [7, 11) is 0. The molecule has 5 nitrogen and oxygen atoms in total. The Morgan fingerprint density at radius 3 is 2.55 bits per heavy atom. The molecule has 114 valence electrons. The number of anilines is 2. The first-order valence-electron chi connectivity index (χ1n) is 6.45. The molecule has 0 radical (unpaired) electrons. The Morgan fingerprint density at radius 1 is 1.25 bits per heavy atom. The van der Waals surface area contributed by atoms with E-state index in [9.17, 15) is 0 Å². The van der Waals surface area contributed by atoms with Crippen LogP contribution in [0, 0.1) is 0 Å². The van der Waals surface area contributed by atoms with Gasteiger partial charge in [0.15, 0.2) is 5.82 Å². The molecule has 0 atom stereocenters. The second kappa shape index (κ2) is 8.89. The Labute approximate surface area is 132 Å². The summed E-state index contributed by atoms with van der Waals surface area (Å²) in [5.41, 5.74) is 7.73. The van der Waals surface area contributed by atoms with Gasteiger partial charge in [-0.25, -0.2) is 4.52 Å². The lowest BCUT2D eigenvalue weighted by Crippen LogP contribution is -2.28. The standard InChI is InChI=1S/C13H21N5.2ClH/c1-3-17(4-2)10-8-15-13-12(14)11-7-5-6-9-18(11)16-13;;/h5-7,9H,3-4,8,10,14H2,1-2H3,(H,15,16);2*1H. The third-order valence-electron chi connectivity index (χ3n) is 3.19. The van der Waals surface area contributed by atoms with Gasteiger partial charge in [-0.1, -0.05) is 19.9 Å². The Bertz CT molecular complexity index is 510. The molecule has 0 aliphatic rings. The van der Waals surface area contributed by atoms with Crippen LogP contribution in [0.2, 0.25) is 0 Å². The van der Waals surface area contributed by atoms with Crippen LogP contribution in [0.15, 0.2) is 24.4 Å². The van der Waals surface area contributed by atoms with E-state index in [4.69, 9.17) is 5.73 Å².